The first kappa shape index (κ1) is 14.4. The molecule has 0 amide bonds. The van der Waals surface area contributed by atoms with Crippen LogP contribution in [-0.2, 0) is 7.05 Å². The Morgan fingerprint density at radius 1 is 1.33 bits per heavy atom. The van der Waals surface area contributed by atoms with Gasteiger partial charge >= 0.3 is 0 Å². The van der Waals surface area contributed by atoms with Crippen molar-refractivity contribution in [1.29, 1.82) is 0 Å². The van der Waals surface area contributed by atoms with Crippen LogP contribution in [0.5, 0.6) is 0 Å². The van der Waals surface area contributed by atoms with E-state index in [-0.39, 0.29) is 6.04 Å². The maximum atomic E-state index is 5.65. The summed E-state index contributed by atoms with van der Waals surface area (Å²) < 4.78 is 7.71. The number of nitrogens with one attached hydrogen (secondary N) is 1. The highest BCUT2D eigenvalue weighted by Crippen LogP contribution is 2.29. The fourth-order valence-corrected chi connectivity index (χ4v) is 3.43. The average Bonchev–Trinajstić information content (AvgIpc) is 3.17. The molecule has 0 aromatic carbocycles. The van der Waals surface area contributed by atoms with Gasteiger partial charge in [-0.25, -0.2) is 4.98 Å². The molecule has 0 bridgehead atoms. The largest absolute Gasteiger partial charge is 0.467 e. The molecule has 4 heteroatoms. The van der Waals surface area contributed by atoms with Crippen molar-refractivity contribution in [3.63, 3.8) is 0 Å². The molecule has 1 saturated carbocycles. The number of aromatic nitrogens is 2. The number of hydrogen-bond donors (Lipinski definition) is 1. The summed E-state index contributed by atoms with van der Waals surface area (Å²) >= 11 is 0. The molecule has 2 atom stereocenters. The Hall–Kier alpha value is -1.55. The molecule has 114 valence electrons. The molecule has 0 aliphatic heterocycles. The molecule has 21 heavy (non-hydrogen) atoms. The maximum absolute atomic E-state index is 5.65. The lowest BCUT2D eigenvalue weighted by Gasteiger charge is -2.31. The van der Waals surface area contributed by atoms with Crippen molar-refractivity contribution in [2.24, 2.45) is 13.0 Å². The van der Waals surface area contributed by atoms with Gasteiger partial charge in [0.15, 0.2) is 0 Å². The minimum atomic E-state index is 0.0249. The molecule has 2 aromatic rings. The third-order valence-corrected chi connectivity index (χ3v) is 4.73. The Balaban J connectivity index is 1.78. The van der Waals surface area contributed by atoms with Crippen molar-refractivity contribution >= 4 is 0 Å². The van der Waals surface area contributed by atoms with Crippen molar-refractivity contribution in [1.82, 2.24) is 14.9 Å². The van der Waals surface area contributed by atoms with E-state index in [2.05, 4.69) is 21.8 Å². The zero-order valence-corrected chi connectivity index (χ0v) is 13.0. The van der Waals surface area contributed by atoms with Gasteiger partial charge in [-0.15, -0.1) is 0 Å². The topological polar surface area (TPSA) is 43.0 Å². The molecule has 2 unspecified atom stereocenters. The van der Waals surface area contributed by atoms with Crippen LogP contribution in [0, 0.1) is 5.92 Å². The standard InChI is InChI=1S/C17H25N3O/c1-13(14-7-4-3-5-8-14)19-16(15-9-6-12-21-15)17-18-10-11-20(17)2/h6,9-14,16,19H,3-5,7-8H2,1-2H3. The minimum absolute atomic E-state index is 0.0249. The smallest absolute Gasteiger partial charge is 0.133 e. The minimum Gasteiger partial charge on any atom is -0.467 e. The van der Waals surface area contributed by atoms with E-state index in [1.807, 2.05) is 31.6 Å². The Morgan fingerprint density at radius 2 is 2.14 bits per heavy atom. The third kappa shape index (κ3) is 3.21. The monoisotopic (exact) mass is 287 g/mol. The van der Waals surface area contributed by atoms with Gasteiger partial charge in [0.25, 0.3) is 0 Å². The average molecular weight is 287 g/mol. The molecule has 0 saturated heterocycles. The van der Waals surface area contributed by atoms with Crippen LogP contribution < -0.4 is 5.32 Å². The van der Waals surface area contributed by atoms with E-state index in [1.165, 1.54) is 32.1 Å². The molecule has 3 rings (SSSR count). The zero-order valence-electron chi connectivity index (χ0n) is 13.0. The molecule has 1 aliphatic rings. The first-order chi connectivity index (χ1) is 10.3. The highest BCUT2D eigenvalue weighted by atomic mass is 16.3. The third-order valence-electron chi connectivity index (χ3n) is 4.73. The van der Waals surface area contributed by atoms with Gasteiger partial charge in [-0.1, -0.05) is 19.3 Å². The van der Waals surface area contributed by atoms with Gasteiger partial charge in [-0.2, -0.15) is 0 Å². The van der Waals surface area contributed by atoms with E-state index in [0.717, 1.165) is 17.5 Å². The quantitative estimate of drug-likeness (QED) is 0.912. The number of furan rings is 1. The lowest BCUT2D eigenvalue weighted by atomic mass is 9.84. The lowest BCUT2D eigenvalue weighted by Crippen LogP contribution is -2.38. The van der Waals surface area contributed by atoms with Crippen LogP contribution >= 0.6 is 0 Å². The van der Waals surface area contributed by atoms with Gasteiger partial charge in [-0.05, 0) is 37.8 Å². The Bertz CT molecular complexity index is 540. The van der Waals surface area contributed by atoms with Crippen LogP contribution in [0.2, 0.25) is 0 Å². The Morgan fingerprint density at radius 3 is 2.76 bits per heavy atom. The van der Waals surface area contributed by atoms with Crippen LogP contribution in [0.4, 0.5) is 0 Å². The van der Waals surface area contributed by atoms with Gasteiger partial charge in [-0.3, -0.25) is 5.32 Å². The number of nitrogens with zero attached hydrogens (tertiary/aromatic N) is 2. The summed E-state index contributed by atoms with van der Waals surface area (Å²) in [7, 11) is 2.03. The van der Waals surface area contributed by atoms with Crippen molar-refractivity contribution in [3.05, 3.63) is 42.4 Å². The Kier molecular flexibility index (Phi) is 4.44. The molecular weight excluding hydrogens is 262 g/mol. The van der Waals surface area contributed by atoms with E-state index >= 15 is 0 Å². The zero-order chi connectivity index (χ0) is 14.7. The first-order valence-electron chi connectivity index (χ1n) is 8.02. The number of hydrogen-bond acceptors (Lipinski definition) is 3. The SMILES string of the molecule is CC(NC(c1ccco1)c1nccn1C)C1CCCCC1. The predicted octanol–water partition coefficient (Wildman–Crippen LogP) is 3.66. The van der Waals surface area contributed by atoms with Crippen molar-refractivity contribution < 1.29 is 4.42 Å². The summed E-state index contributed by atoms with van der Waals surface area (Å²) in [6, 6.07) is 4.46. The molecule has 0 radical (unpaired) electrons. The predicted molar refractivity (Wildman–Crippen MR) is 82.9 cm³/mol. The second kappa shape index (κ2) is 6.48. The number of rotatable bonds is 5. The van der Waals surface area contributed by atoms with Crippen LogP contribution in [-0.4, -0.2) is 15.6 Å². The maximum Gasteiger partial charge on any atom is 0.133 e. The number of imidazole rings is 1. The van der Waals surface area contributed by atoms with Crippen molar-refractivity contribution in [3.8, 4) is 0 Å². The first-order valence-corrected chi connectivity index (χ1v) is 8.02. The fourth-order valence-electron chi connectivity index (χ4n) is 3.43. The van der Waals surface area contributed by atoms with Gasteiger partial charge in [0.1, 0.15) is 17.6 Å². The molecule has 2 aromatic heterocycles. The van der Waals surface area contributed by atoms with E-state index in [4.69, 9.17) is 4.42 Å². The highest BCUT2D eigenvalue weighted by Gasteiger charge is 2.27. The van der Waals surface area contributed by atoms with Crippen molar-refractivity contribution in [2.45, 2.75) is 51.1 Å². The lowest BCUT2D eigenvalue weighted by molar-refractivity contribution is 0.261. The van der Waals surface area contributed by atoms with Crippen molar-refractivity contribution in [2.75, 3.05) is 0 Å². The second-order valence-corrected chi connectivity index (χ2v) is 6.20. The van der Waals surface area contributed by atoms with Crippen LogP contribution in [0.3, 0.4) is 0 Å². The van der Waals surface area contributed by atoms with Gasteiger partial charge < -0.3 is 8.98 Å². The molecule has 1 N–H and O–H groups in total. The van der Waals surface area contributed by atoms with Crippen LogP contribution in [0.1, 0.15) is 56.7 Å². The second-order valence-electron chi connectivity index (χ2n) is 6.20. The van der Waals surface area contributed by atoms with Crippen LogP contribution in [0.25, 0.3) is 0 Å². The summed E-state index contributed by atoms with van der Waals surface area (Å²) in [5, 5.41) is 3.76. The summed E-state index contributed by atoms with van der Waals surface area (Å²) in [6.45, 7) is 2.30. The molecule has 0 spiro atoms. The van der Waals surface area contributed by atoms with Gasteiger partial charge in [0.2, 0.25) is 0 Å². The summed E-state index contributed by atoms with van der Waals surface area (Å²) in [5.41, 5.74) is 0. The molecule has 1 aliphatic carbocycles. The number of aryl methyl sites for hydroxylation is 1. The normalized spacial score (nSPS) is 19.5. The summed E-state index contributed by atoms with van der Waals surface area (Å²) in [4.78, 5) is 4.51. The van der Waals surface area contributed by atoms with E-state index in [9.17, 15) is 0 Å². The summed E-state index contributed by atoms with van der Waals surface area (Å²) in [6.07, 6.45) is 12.4. The van der Waals surface area contributed by atoms with Gasteiger partial charge in [0.05, 0.1) is 6.26 Å². The van der Waals surface area contributed by atoms with E-state index in [1.54, 1.807) is 6.26 Å². The Labute approximate surface area is 126 Å². The molecule has 4 nitrogen and oxygen atoms in total. The molecule has 2 heterocycles. The summed E-state index contributed by atoms with van der Waals surface area (Å²) in [5.74, 6) is 2.70. The highest BCUT2D eigenvalue weighted by molar-refractivity contribution is 5.16. The fraction of sp³-hybridized carbons (Fsp3) is 0.588. The van der Waals surface area contributed by atoms with E-state index in [0.29, 0.717) is 6.04 Å². The van der Waals surface area contributed by atoms with Crippen LogP contribution in [0.15, 0.2) is 35.2 Å². The molecular formula is C17H25N3O. The van der Waals surface area contributed by atoms with Gasteiger partial charge in [0, 0.05) is 25.5 Å². The molecule has 1 fully saturated rings. The van der Waals surface area contributed by atoms with E-state index < -0.39 is 0 Å².